The summed E-state index contributed by atoms with van der Waals surface area (Å²) in [5.41, 5.74) is 3.05. The molecule has 9 heteroatoms. The van der Waals surface area contributed by atoms with Gasteiger partial charge in [0.25, 0.3) is 0 Å². The van der Waals surface area contributed by atoms with Crippen molar-refractivity contribution in [2.24, 2.45) is 7.05 Å². The normalized spacial score (nSPS) is 24.1. The Bertz CT molecular complexity index is 1260. The van der Waals surface area contributed by atoms with Crippen LogP contribution in [0.2, 0.25) is 0 Å². The molecule has 3 aromatic rings. The molecular weight excluding hydrogens is 464 g/mol. The van der Waals surface area contributed by atoms with E-state index >= 15 is 0 Å². The summed E-state index contributed by atoms with van der Waals surface area (Å²) < 4.78 is 19.2. The van der Waals surface area contributed by atoms with E-state index in [1.54, 1.807) is 12.1 Å². The van der Waals surface area contributed by atoms with Crippen LogP contribution < -0.4 is 19.4 Å². The van der Waals surface area contributed by atoms with Crippen molar-refractivity contribution in [3.05, 3.63) is 65.9 Å². The molecule has 1 aliphatic rings. The van der Waals surface area contributed by atoms with Crippen molar-refractivity contribution >= 4 is 29.0 Å². The van der Waals surface area contributed by atoms with Crippen molar-refractivity contribution in [3.8, 4) is 11.5 Å². The number of rotatable bonds is 7. The molecule has 1 aromatic heterocycles. The predicted octanol–water partition coefficient (Wildman–Crippen LogP) is 1.17. The summed E-state index contributed by atoms with van der Waals surface area (Å²) in [6, 6.07) is 14.5. The largest absolute Gasteiger partial charge is 0.493 e. The number of carbonyl (C=O) groups excluding carboxylic acids is 1. The second-order valence-corrected chi connectivity index (χ2v) is 8.69. The number of aryl methyl sites for hydroxylation is 1. The molecule has 4 rings (SSSR count). The maximum Gasteiger partial charge on any atom is 0.223 e. The first-order valence-electron chi connectivity index (χ1n) is 11.6. The lowest BCUT2D eigenvalue weighted by atomic mass is 9.97. The second kappa shape index (κ2) is 11.0. The Morgan fingerprint density at radius 3 is 2.61 bits per heavy atom. The van der Waals surface area contributed by atoms with E-state index in [1.165, 1.54) is 14.0 Å². The standard InChI is InChI=1S/C27H30N2O7/c1-16(31)28-24-26(33)25(32)23(15-30)36-27(24)35-21-11-9-17(14-22(21)34-3)8-10-18-12-13-29(2)20-7-5-4-6-19(18)20/h4-14,23-27,30,32-33H,15H2,1-3H3/p+1/b10-8+/t23-,24-,25-,26-,27-/m1/s1. The Hall–Kier alpha value is -3.50. The molecule has 0 saturated carbocycles. The van der Waals surface area contributed by atoms with Gasteiger partial charge in [0.15, 0.2) is 17.7 Å². The number of methoxy groups -OCH3 is 1. The Morgan fingerprint density at radius 2 is 1.89 bits per heavy atom. The van der Waals surface area contributed by atoms with Gasteiger partial charge in [0.05, 0.1) is 19.1 Å². The number of benzene rings is 2. The molecule has 1 aliphatic heterocycles. The molecule has 1 fully saturated rings. The number of fused-ring (bicyclic) bond motifs is 1. The molecule has 1 amide bonds. The van der Waals surface area contributed by atoms with E-state index in [0.29, 0.717) is 11.5 Å². The van der Waals surface area contributed by atoms with Gasteiger partial charge in [0.2, 0.25) is 17.7 Å². The first-order valence-corrected chi connectivity index (χ1v) is 11.6. The van der Waals surface area contributed by atoms with E-state index in [4.69, 9.17) is 14.2 Å². The van der Waals surface area contributed by atoms with Gasteiger partial charge in [-0.1, -0.05) is 30.4 Å². The van der Waals surface area contributed by atoms with Crippen LogP contribution in [0.4, 0.5) is 0 Å². The number of para-hydroxylation sites is 1. The molecule has 5 atom stereocenters. The van der Waals surface area contributed by atoms with Crippen LogP contribution in [0, 0.1) is 0 Å². The minimum absolute atomic E-state index is 0.312. The quantitative estimate of drug-likeness (QED) is 0.363. The number of carbonyl (C=O) groups is 1. The highest BCUT2D eigenvalue weighted by Gasteiger charge is 2.46. The van der Waals surface area contributed by atoms with Gasteiger partial charge < -0.3 is 34.8 Å². The molecule has 2 aromatic carbocycles. The fourth-order valence-electron chi connectivity index (χ4n) is 4.30. The molecule has 0 aliphatic carbocycles. The molecule has 2 heterocycles. The number of aliphatic hydroxyl groups excluding tert-OH is 3. The minimum Gasteiger partial charge on any atom is -0.493 e. The number of nitrogens with zero attached hydrogens (tertiary/aromatic N) is 1. The van der Waals surface area contributed by atoms with Crippen LogP contribution in [0.3, 0.4) is 0 Å². The number of hydrogen-bond donors (Lipinski definition) is 4. The SMILES string of the molecule is COc1cc(/C=C/c2cc[n+](C)c3ccccc23)ccc1O[C@@H]1O[C@H](CO)[C@@H](O)[C@H](O)[C@H]1NC(C)=O. The summed E-state index contributed by atoms with van der Waals surface area (Å²) in [4.78, 5) is 11.7. The number of hydrogen-bond acceptors (Lipinski definition) is 7. The Morgan fingerprint density at radius 1 is 1.11 bits per heavy atom. The Kier molecular flexibility index (Phi) is 7.85. The van der Waals surface area contributed by atoms with Crippen molar-refractivity contribution in [2.45, 2.75) is 37.6 Å². The van der Waals surface area contributed by atoms with E-state index in [1.807, 2.05) is 49.7 Å². The summed E-state index contributed by atoms with van der Waals surface area (Å²) in [5, 5.41) is 33.9. The third-order valence-electron chi connectivity index (χ3n) is 6.21. The van der Waals surface area contributed by atoms with Gasteiger partial charge in [0, 0.05) is 19.1 Å². The van der Waals surface area contributed by atoms with Gasteiger partial charge in [-0.15, -0.1) is 0 Å². The summed E-state index contributed by atoms with van der Waals surface area (Å²) in [6.07, 6.45) is 0.964. The van der Waals surface area contributed by atoms with Crippen LogP contribution in [0.1, 0.15) is 18.1 Å². The first-order chi connectivity index (χ1) is 17.3. The van der Waals surface area contributed by atoms with Crippen molar-refractivity contribution in [3.63, 3.8) is 0 Å². The van der Waals surface area contributed by atoms with E-state index < -0.39 is 43.2 Å². The van der Waals surface area contributed by atoms with Crippen molar-refractivity contribution in [2.75, 3.05) is 13.7 Å². The number of amides is 1. The van der Waals surface area contributed by atoms with Gasteiger partial charge >= 0.3 is 0 Å². The van der Waals surface area contributed by atoms with Crippen LogP contribution in [0.15, 0.2) is 54.7 Å². The third-order valence-corrected chi connectivity index (χ3v) is 6.21. The highest BCUT2D eigenvalue weighted by molar-refractivity contribution is 5.88. The van der Waals surface area contributed by atoms with Gasteiger partial charge in [0.1, 0.15) is 31.4 Å². The lowest BCUT2D eigenvalue weighted by molar-refractivity contribution is -0.644. The van der Waals surface area contributed by atoms with E-state index in [-0.39, 0.29) is 0 Å². The zero-order valence-corrected chi connectivity index (χ0v) is 20.4. The fourth-order valence-corrected chi connectivity index (χ4v) is 4.30. The first kappa shape index (κ1) is 25.6. The Labute approximate surface area is 209 Å². The fraction of sp³-hybridized carbons (Fsp3) is 0.333. The molecule has 4 N–H and O–H groups in total. The predicted molar refractivity (Wildman–Crippen MR) is 133 cm³/mol. The molecule has 0 bridgehead atoms. The van der Waals surface area contributed by atoms with Crippen molar-refractivity contribution < 1.29 is 38.9 Å². The molecule has 1 saturated heterocycles. The maximum absolute atomic E-state index is 11.7. The maximum atomic E-state index is 11.7. The van der Waals surface area contributed by atoms with Crippen molar-refractivity contribution in [1.82, 2.24) is 5.32 Å². The van der Waals surface area contributed by atoms with E-state index in [9.17, 15) is 20.1 Å². The minimum atomic E-state index is -1.40. The number of aromatic nitrogens is 1. The van der Waals surface area contributed by atoms with Gasteiger partial charge in [-0.05, 0) is 29.3 Å². The van der Waals surface area contributed by atoms with Crippen LogP contribution in [0.5, 0.6) is 11.5 Å². The molecule has 36 heavy (non-hydrogen) atoms. The van der Waals surface area contributed by atoms with Crippen LogP contribution in [-0.4, -0.2) is 65.6 Å². The van der Waals surface area contributed by atoms with Gasteiger partial charge in [-0.25, -0.2) is 4.57 Å². The average molecular weight is 496 g/mol. The van der Waals surface area contributed by atoms with Crippen molar-refractivity contribution in [1.29, 1.82) is 0 Å². The van der Waals surface area contributed by atoms with Crippen LogP contribution in [-0.2, 0) is 16.6 Å². The molecule has 0 radical (unpaired) electrons. The third kappa shape index (κ3) is 5.34. The number of pyridine rings is 1. The monoisotopic (exact) mass is 495 g/mol. The lowest BCUT2D eigenvalue weighted by Crippen LogP contribution is -2.65. The highest BCUT2D eigenvalue weighted by Crippen LogP contribution is 2.32. The lowest BCUT2D eigenvalue weighted by Gasteiger charge is -2.42. The van der Waals surface area contributed by atoms with Gasteiger partial charge in [-0.3, -0.25) is 4.79 Å². The number of aliphatic hydroxyl groups is 3. The van der Waals surface area contributed by atoms with E-state index in [2.05, 4.69) is 22.0 Å². The molecular formula is C27H31N2O7+. The summed E-state index contributed by atoms with van der Waals surface area (Å²) in [5.74, 6) is 0.292. The second-order valence-electron chi connectivity index (χ2n) is 8.69. The topological polar surface area (TPSA) is 121 Å². The molecule has 9 nitrogen and oxygen atoms in total. The number of nitrogens with one attached hydrogen (secondary N) is 1. The summed E-state index contributed by atoms with van der Waals surface area (Å²) in [6.45, 7) is 0.754. The van der Waals surface area contributed by atoms with Gasteiger partial charge in [-0.2, -0.15) is 0 Å². The average Bonchev–Trinajstić information content (AvgIpc) is 2.88. The Balaban J connectivity index is 1.59. The zero-order chi connectivity index (χ0) is 25.8. The molecule has 0 unspecified atom stereocenters. The van der Waals surface area contributed by atoms with E-state index in [0.717, 1.165) is 22.0 Å². The van der Waals surface area contributed by atoms with Crippen LogP contribution in [0.25, 0.3) is 23.1 Å². The summed E-state index contributed by atoms with van der Waals surface area (Å²) >= 11 is 0. The smallest absolute Gasteiger partial charge is 0.223 e. The zero-order valence-electron chi connectivity index (χ0n) is 20.4. The van der Waals surface area contributed by atoms with Crippen LogP contribution >= 0.6 is 0 Å². The molecule has 190 valence electrons. The summed E-state index contributed by atoms with van der Waals surface area (Å²) in [7, 11) is 3.51. The molecule has 0 spiro atoms. The highest BCUT2D eigenvalue weighted by atomic mass is 16.7. The number of ether oxygens (including phenoxy) is 3.